The molecule has 0 aliphatic heterocycles. The first kappa shape index (κ1) is 12.7. The predicted octanol–water partition coefficient (Wildman–Crippen LogP) is 1.42. The van der Waals surface area contributed by atoms with E-state index in [1.54, 1.807) is 6.20 Å². The highest BCUT2D eigenvalue weighted by Gasteiger charge is 2.12. The Morgan fingerprint density at radius 1 is 1.32 bits per heavy atom. The van der Waals surface area contributed by atoms with Gasteiger partial charge in [-0.05, 0) is 18.6 Å². The van der Waals surface area contributed by atoms with Crippen molar-refractivity contribution in [2.75, 3.05) is 0 Å². The number of pyridine rings is 1. The topological polar surface area (TPSA) is 104 Å². The van der Waals surface area contributed by atoms with Crippen molar-refractivity contribution in [1.82, 2.24) is 14.5 Å². The van der Waals surface area contributed by atoms with Crippen molar-refractivity contribution in [3.8, 4) is 17.8 Å². The summed E-state index contributed by atoms with van der Waals surface area (Å²) in [6.07, 6.45) is 3.86. The van der Waals surface area contributed by atoms with E-state index in [2.05, 4.69) is 9.97 Å². The van der Waals surface area contributed by atoms with E-state index in [1.807, 2.05) is 31.2 Å². The number of rotatable bonds is 3. The van der Waals surface area contributed by atoms with Crippen LogP contribution in [0.5, 0.6) is 0 Å². The Bertz CT molecular complexity index is 656. The minimum absolute atomic E-state index is 0.0954. The van der Waals surface area contributed by atoms with Crippen molar-refractivity contribution in [1.29, 1.82) is 10.5 Å². The Morgan fingerprint density at radius 2 is 2.11 bits per heavy atom. The smallest absolute Gasteiger partial charge is 0.177 e. The van der Waals surface area contributed by atoms with Gasteiger partial charge < -0.3 is 5.73 Å². The maximum absolute atomic E-state index is 9.06. The molecule has 6 heteroatoms. The molecule has 0 amide bonds. The molecule has 0 spiro atoms. The van der Waals surface area contributed by atoms with Gasteiger partial charge in [0.1, 0.15) is 18.5 Å². The fraction of sp³-hybridized carbons (Fsp3) is 0.231. The minimum atomic E-state index is -0.0954. The van der Waals surface area contributed by atoms with Crippen LogP contribution in [-0.4, -0.2) is 14.5 Å². The molecule has 0 aromatic carbocycles. The van der Waals surface area contributed by atoms with Gasteiger partial charge in [0.05, 0.1) is 17.6 Å². The highest BCUT2D eigenvalue weighted by atomic mass is 15.1. The van der Waals surface area contributed by atoms with Gasteiger partial charge in [0, 0.05) is 6.04 Å². The molecule has 0 aliphatic rings. The first-order valence-corrected chi connectivity index (χ1v) is 5.80. The van der Waals surface area contributed by atoms with Gasteiger partial charge in [-0.15, -0.1) is 0 Å². The second kappa shape index (κ2) is 5.30. The number of imidazole rings is 1. The van der Waals surface area contributed by atoms with Crippen molar-refractivity contribution in [2.45, 2.75) is 19.4 Å². The van der Waals surface area contributed by atoms with E-state index >= 15 is 0 Å². The van der Waals surface area contributed by atoms with Crippen LogP contribution < -0.4 is 5.73 Å². The molecular formula is C13H12N6. The van der Waals surface area contributed by atoms with Crippen molar-refractivity contribution in [3.05, 3.63) is 41.7 Å². The third kappa shape index (κ3) is 2.30. The zero-order valence-corrected chi connectivity index (χ0v) is 10.4. The van der Waals surface area contributed by atoms with E-state index in [0.29, 0.717) is 5.69 Å². The zero-order chi connectivity index (χ0) is 13.8. The van der Waals surface area contributed by atoms with Crippen LogP contribution in [0, 0.1) is 22.7 Å². The lowest BCUT2D eigenvalue weighted by Crippen LogP contribution is -2.10. The molecule has 0 saturated carbocycles. The second-order valence-electron chi connectivity index (χ2n) is 3.99. The Labute approximate surface area is 110 Å². The summed E-state index contributed by atoms with van der Waals surface area (Å²) < 4.78 is 1.53. The zero-order valence-electron chi connectivity index (χ0n) is 10.4. The fourth-order valence-corrected chi connectivity index (χ4v) is 1.70. The molecule has 0 aliphatic carbocycles. The predicted molar refractivity (Wildman–Crippen MR) is 68.0 cm³/mol. The Hall–Kier alpha value is -2.70. The largest absolute Gasteiger partial charge is 0.323 e. The van der Waals surface area contributed by atoms with Crippen LogP contribution in [0.3, 0.4) is 0 Å². The standard InChI is InChI=1S/C13H12N6/c1-2-10(16)11-4-3-9(7-17-11)19-8-18-12(5-14)13(19)6-15/h3-4,7-8,10H,2,16H2,1H3/t10-/m1/s1. The number of aromatic nitrogens is 3. The quantitative estimate of drug-likeness (QED) is 0.889. The third-order valence-electron chi connectivity index (χ3n) is 2.85. The van der Waals surface area contributed by atoms with Gasteiger partial charge in [0.15, 0.2) is 11.4 Å². The Morgan fingerprint density at radius 3 is 2.63 bits per heavy atom. The molecule has 94 valence electrons. The number of hydrogen-bond donors (Lipinski definition) is 1. The third-order valence-corrected chi connectivity index (χ3v) is 2.85. The molecule has 0 saturated heterocycles. The second-order valence-corrected chi connectivity index (χ2v) is 3.99. The molecule has 0 bridgehead atoms. The van der Waals surface area contributed by atoms with Crippen LogP contribution in [0.25, 0.3) is 5.69 Å². The Balaban J connectivity index is 2.42. The van der Waals surface area contributed by atoms with Crippen molar-refractivity contribution < 1.29 is 0 Å². The summed E-state index contributed by atoms with van der Waals surface area (Å²) in [5, 5.41) is 17.9. The van der Waals surface area contributed by atoms with Crippen LogP contribution in [-0.2, 0) is 0 Å². The molecule has 6 nitrogen and oxygen atoms in total. The fourth-order valence-electron chi connectivity index (χ4n) is 1.70. The molecule has 0 radical (unpaired) electrons. The summed E-state index contributed by atoms with van der Waals surface area (Å²) in [7, 11) is 0. The van der Waals surface area contributed by atoms with Crippen molar-refractivity contribution in [2.24, 2.45) is 5.73 Å². The Kier molecular flexibility index (Phi) is 3.56. The molecule has 19 heavy (non-hydrogen) atoms. The van der Waals surface area contributed by atoms with Gasteiger partial charge in [0.25, 0.3) is 0 Å². The summed E-state index contributed by atoms with van der Waals surface area (Å²) >= 11 is 0. The summed E-state index contributed by atoms with van der Waals surface area (Å²) in [5.41, 5.74) is 7.68. The maximum atomic E-state index is 9.06. The van der Waals surface area contributed by atoms with Crippen LogP contribution in [0.15, 0.2) is 24.7 Å². The SMILES string of the molecule is CC[C@@H](N)c1ccc(-n2cnc(C#N)c2C#N)cn1. The number of hydrogen-bond acceptors (Lipinski definition) is 5. The van der Waals surface area contributed by atoms with E-state index in [0.717, 1.165) is 12.1 Å². The normalized spacial score (nSPS) is 11.6. The van der Waals surface area contributed by atoms with Crippen LogP contribution in [0.2, 0.25) is 0 Å². The first-order valence-electron chi connectivity index (χ1n) is 5.80. The van der Waals surface area contributed by atoms with Gasteiger partial charge in [-0.2, -0.15) is 10.5 Å². The van der Waals surface area contributed by atoms with Crippen LogP contribution in [0.1, 0.15) is 36.5 Å². The lowest BCUT2D eigenvalue weighted by molar-refractivity contribution is 0.675. The molecular weight excluding hydrogens is 240 g/mol. The summed E-state index contributed by atoms with van der Waals surface area (Å²) in [4.78, 5) is 8.15. The number of nitrogens with zero attached hydrogens (tertiary/aromatic N) is 5. The highest BCUT2D eigenvalue weighted by molar-refractivity contribution is 5.43. The van der Waals surface area contributed by atoms with Gasteiger partial charge >= 0.3 is 0 Å². The molecule has 2 N–H and O–H groups in total. The number of nitriles is 2. The summed E-state index contributed by atoms with van der Waals surface area (Å²) in [5.74, 6) is 0. The van der Waals surface area contributed by atoms with Crippen LogP contribution in [0.4, 0.5) is 0 Å². The van der Waals surface area contributed by atoms with E-state index in [9.17, 15) is 0 Å². The molecule has 2 rings (SSSR count). The summed E-state index contributed by atoms with van der Waals surface area (Å²) in [6.45, 7) is 1.99. The molecule has 0 unspecified atom stereocenters. The van der Waals surface area contributed by atoms with Gasteiger partial charge in [-0.3, -0.25) is 9.55 Å². The van der Waals surface area contributed by atoms with E-state index < -0.39 is 0 Å². The van der Waals surface area contributed by atoms with E-state index in [1.165, 1.54) is 10.9 Å². The van der Waals surface area contributed by atoms with Gasteiger partial charge in [0.2, 0.25) is 0 Å². The van der Waals surface area contributed by atoms with E-state index in [4.69, 9.17) is 16.3 Å². The van der Waals surface area contributed by atoms with Crippen molar-refractivity contribution in [3.63, 3.8) is 0 Å². The summed E-state index contributed by atoms with van der Waals surface area (Å²) in [6, 6.07) is 7.38. The molecule has 2 aromatic rings. The molecule has 1 atom stereocenters. The van der Waals surface area contributed by atoms with Gasteiger partial charge in [-0.1, -0.05) is 6.92 Å². The average molecular weight is 252 g/mol. The van der Waals surface area contributed by atoms with E-state index in [-0.39, 0.29) is 17.4 Å². The highest BCUT2D eigenvalue weighted by Crippen LogP contribution is 2.16. The van der Waals surface area contributed by atoms with Crippen molar-refractivity contribution >= 4 is 0 Å². The monoisotopic (exact) mass is 252 g/mol. The lowest BCUT2D eigenvalue weighted by atomic mass is 10.1. The van der Waals surface area contributed by atoms with Gasteiger partial charge in [-0.25, -0.2) is 4.98 Å². The lowest BCUT2D eigenvalue weighted by Gasteiger charge is -2.09. The molecule has 2 aromatic heterocycles. The molecule has 0 fully saturated rings. The minimum Gasteiger partial charge on any atom is -0.323 e. The average Bonchev–Trinajstić information content (AvgIpc) is 2.89. The van der Waals surface area contributed by atoms with Crippen LogP contribution >= 0.6 is 0 Å². The molecule has 2 heterocycles. The number of nitrogens with two attached hydrogens (primary N) is 1. The maximum Gasteiger partial charge on any atom is 0.177 e. The first-order chi connectivity index (χ1) is 9.21.